The molecule has 0 atom stereocenters. The summed E-state index contributed by atoms with van der Waals surface area (Å²) < 4.78 is 0. The predicted octanol–water partition coefficient (Wildman–Crippen LogP) is 8.68. The molecule has 276 valence electrons. The minimum absolute atomic E-state index is 0. The van der Waals surface area contributed by atoms with Crippen molar-refractivity contribution >= 4 is 21.5 Å². The summed E-state index contributed by atoms with van der Waals surface area (Å²) in [6.07, 6.45) is 6.87. The zero-order chi connectivity index (χ0) is 36.1. The Balaban J connectivity index is 0.000000358. The second kappa shape index (κ2) is 21.6. The third kappa shape index (κ3) is 12.2. The molecule has 0 unspecified atom stereocenters. The fourth-order valence-electron chi connectivity index (χ4n) is 6.71. The van der Waals surface area contributed by atoms with Crippen molar-refractivity contribution < 1.29 is 77.2 Å². The fourth-order valence-corrected chi connectivity index (χ4v) is 6.71. The van der Waals surface area contributed by atoms with E-state index in [1.807, 2.05) is 12.1 Å². The zero-order valence-electron chi connectivity index (χ0n) is 33.5. The minimum atomic E-state index is 0. The van der Waals surface area contributed by atoms with Gasteiger partial charge >= 0.3 is 52.4 Å². The maximum atomic E-state index is 3.44. The van der Waals surface area contributed by atoms with Gasteiger partial charge in [-0.05, 0) is 0 Å². The van der Waals surface area contributed by atoms with Gasteiger partial charge in [-0.25, -0.2) is 11.1 Å². The van der Waals surface area contributed by atoms with Crippen molar-refractivity contribution in [2.75, 3.05) is 0 Å². The first-order valence-corrected chi connectivity index (χ1v) is 17.8. The Kier molecular flexibility index (Phi) is 19.8. The zero-order valence-corrected chi connectivity index (χ0v) is 39.9. The molecule has 6 aromatic carbocycles. The van der Waals surface area contributed by atoms with Gasteiger partial charge in [-0.3, -0.25) is 12.2 Å². The van der Waals surface area contributed by atoms with Gasteiger partial charge in [0.2, 0.25) is 0 Å². The molecule has 0 fully saturated rings. The Bertz CT molecular complexity index is 1980. The van der Waals surface area contributed by atoms with Crippen LogP contribution in [0.2, 0.25) is 0 Å². The van der Waals surface area contributed by atoms with Gasteiger partial charge in [0.15, 0.2) is 0 Å². The van der Waals surface area contributed by atoms with E-state index in [1.54, 1.807) is 0 Å². The Labute approximate surface area is 376 Å². The van der Waals surface area contributed by atoms with Crippen LogP contribution >= 0.6 is 0 Å². The predicted molar refractivity (Wildman–Crippen MR) is 219 cm³/mol. The normalized spacial score (nSPS) is 14.6. The Morgan fingerprint density at radius 1 is 0.426 bits per heavy atom. The summed E-state index contributed by atoms with van der Waals surface area (Å²) in [5.41, 5.74) is 14.0. The molecule has 0 amide bonds. The molecule has 0 aromatic heterocycles. The monoisotopic (exact) mass is 902 g/mol. The number of hydrogen-bond acceptors (Lipinski definition) is 0. The van der Waals surface area contributed by atoms with Crippen molar-refractivity contribution in [1.29, 1.82) is 0 Å². The van der Waals surface area contributed by atoms with Crippen LogP contribution in [0.15, 0.2) is 167 Å². The molecular formula is C50H52Cl2Zr2-2. The van der Waals surface area contributed by atoms with E-state index in [1.165, 1.54) is 77.2 Å². The molecular weight excluding hydrogens is 854 g/mol. The van der Waals surface area contributed by atoms with Gasteiger partial charge in [-0.2, -0.15) is 22.3 Å². The van der Waals surface area contributed by atoms with Crippen LogP contribution < -0.4 is 24.8 Å². The molecule has 2 aliphatic rings. The van der Waals surface area contributed by atoms with Crippen molar-refractivity contribution in [3.63, 3.8) is 0 Å². The number of fused-ring (bicyclic) bond motifs is 2. The van der Waals surface area contributed by atoms with Crippen molar-refractivity contribution in [2.45, 2.75) is 69.2 Å². The van der Waals surface area contributed by atoms with E-state index in [0.29, 0.717) is 0 Å². The maximum absolute atomic E-state index is 3.44. The Morgan fingerprint density at radius 2 is 0.722 bits per heavy atom. The quantitative estimate of drug-likeness (QED) is 0.153. The fraction of sp³-hybridized carbons (Fsp3) is 0.240. The standard InChI is InChI=1S/2C15H11.2C10H15.2ClH.2Zr/c2*1-2-6-12(7-3-1)15-10-13-8-4-5-9-14(13)11-15;2*1-7-6-10(4,5)9(3)8(7)2;;;;/h2*1-11H;2*1-5H3;2*1H;;/q4*-1;;;2*+2/p-2. The van der Waals surface area contributed by atoms with Crippen molar-refractivity contribution in [3.8, 4) is 22.3 Å². The third-order valence-electron chi connectivity index (χ3n) is 10.6. The minimum Gasteiger partial charge on any atom is -1.00 e. The summed E-state index contributed by atoms with van der Waals surface area (Å²) in [6, 6.07) is 46.9. The largest absolute Gasteiger partial charge is 2.00 e. The van der Waals surface area contributed by atoms with Crippen LogP contribution in [0.25, 0.3) is 43.8 Å². The van der Waals surface area contributed by atoms with E-state index in [2.05, 4.69) is 203 Å². The van der Waals surface area contributed by atoms with Gasteiger partial charge in [0, 0.05) is 0 Å². The smallest absolute Gasteiger partial charge is 1.00 e. The van der Waals surface area contributed by atoms with Crippen LogP contribution in [0.1, 0.15) is 69.2 Å². The molecule has 4 heteroatoms. The van der Waals surface area contributed by atoms with Crippen LogP contribution in [0.5, 0.6) is 0 Å². The van der Waals surface area contributed by atoms with Gasteiger partial charge in [-0.1, -0.05) is 174 Å². The molecule has 0 bridgehead atoms. The van der Waals surface area contributed by atoms with Crippen molar-refractivity contribution in [1.82, 2.24) is 0 Å². The van der Waals surface area contributed by atoms with Crippen LogP contribution in [0, 0.1) is 23.0 Å². The van der Waals surface area contributed by atoms with Gasteiger partial charge in [0.05, 0.1) is 0 Å². The Morgan fingerprint density at radius 3 is 0.963 bits per heavy atom. The SMILES string of the molecule is CC1=[C-]C(C)(C)C(C)=C1C.CC1=[C-]C(C)(C)C(C)=C1C.[Cl-].[Cl-].[Zr+2].[Zr+2].c1ccc(-c2cc3ccccc3[cH-]2)cc1.c1ccc(-c2cc3ccccc3[cH-]2)cc1. The second-order valence-corrected chi connectivity index (χ2v) is 14.7. The van der Waals surface area contributed by atoms with E-state index >= 15 is 0 Å². The van der Waals surface area contributed by atoms with Gasteiger partial charge in [0.1, 0.15) is 0 Å². The van der Waals surface area contributed by atoms with Gasteiger partial charge in [-0.15, -0.1) is 82.9 Å². The summed E-state index contributed by atoms with van der Waals surface area (Å²) in [6.45, 7) is 21.8. The average Bonchev–Trinajstić information content (AvgIpc) is 3.84. The summed E-state index contributed by atoms with van der Waals surface area (Å²) >= 11 is 0. The molecule has 0 saturated heterocycles. The molecule has 0 heterocycles. The molecule has 0 N–H and O–H groups in total. The molecule has 6 aromatic rings. The van der Waals surface area contributed by atoms with Gasteiger partial charge < -0.3 is 24.8 Å². The van der Waals surface area contributed by atoms with E-state index in [4.69, 9.17) is 0 Å². The summed E-state index contributed by atoms with van der Waals surface area (Å²) in [7, 11) is 0. The third-order valence-corrected chi connectivity index (χ3v) is 10.6. The molecule has 2 aliphatic carbocycles. The van der Waals surface area contributed by atoms with Crippen LogP contribution in [-0.4, -0.2) is 0 Å². The summed E-state index contributed by atoms with van der Waals surface area (Å²) in [5.74, 6) is 0. The maximum Gasteiger partial charge on any atom is 2.00 e. The van der Waals surface area contributed by atoms with Crippen LogP contribution in [0.3, 0.4) is 0 Å². The van der Waals surface area contributed by atoms with E-state index in [-0.39, 0.29) is 88.1 Å². The summed E-state index contributed by atoms with van der Waals surface area (Å²) in [4.78, 5) is 0. The van der Waals surface area contributed by atoms with Gasteiger partial charge in [0.25, 0.3) is 0 Å². The van der Waals surface area contributed by atoms with Crippen LogP contribution in [-0.2, 0) is 52.4 Å². The topological polar surface area (TPSA) is 0 Å². The first-order chi connectivity index (χ1) is 23.8. The average molecular weight is 906 g/mol. The van der Waals surface area contributed by atoms with Crippen molar-refractivity contribution in [3.05, 3.63) is 179 Å². The van der Waals surface area contributed by atoms with Crippen LogP contribution in [0.4, 0.5) is 0 Å². The number of benzene rings is 4. The molecule has 8 rings (SSSR count). The summed E-state index contributed by atoms with van der Waals surface area (Å²) in [5, 5.41) is 5.26. The first kappa shape index (κ1) is 49.4. The number of hydrogen-bond donors (Lipinski definition) is 0. The number of halogens is 2. The number of allylic oxidation sites excluding steroid dienone is 8. The molecule has 0 saturated carbocycles. The Hall–Kier alpha value is -2.59. The van der Waals surface area contributed by atoms with E-state index in [9.17, 15) is 0 Å². The molecule has 54 heavy (non-hydrogen) atoms. The van der Waals surface area contributed by atoms with E-state index in [0.717, 1.165) is 0 Å². The van der Waals surface area contributed by atoms with Crippen molar-refractivity contribution in [2.24, 2.45) is 10.8 Å². The molecule has 0 nitrogen and oxygen atoms in total. The first-order valence-electron chi connectivity index (χ1n) is 17.8. The number of rotatable bonds is 2. The van der Waals surface area contributed by atoms with E-state index < -0.39 is 0 Å². The molecule has 0 aliphatic heterocycles. The molecule has 0 radical (unpaired) electrons. The molecule has 0 spiro atoms. The second-order valence-electron chi connectivity index (χ2n) is 14.7.